The number of hydrogen-bond acceptors (Lipinski definition) is 7. The summed E-state index contributed by atoms with van der Waals surface area (Å²) in [5.74, 6) is 0.293. The number of hydrogen-bond donors (Lipinski definition) is 2. The van der Waals surface area contributed by atoms with Crippen molar-refractivity contribution in [3.05, 3.63) is 64.4 Å². The van der Waals surface area contributed by atoms with Crippen molar-refractivity contribution < 1.29 is 13.9 Å². The van der Waals surface area contributed by atoms with Crippen molar-refractivity contribution in [3.8, 4) is 16.3 Å². The number of nitrogens with zero attached hydrogens (tertiary/aromatic N) is 2. The Morgan fingerprint density at radius 1 is 1.22 bits per heavy atom. The van der Waals surface area contributed by atoms with Crippen molar-refractivity contribution in [1.29, 1.82) is 0 Å². The van der Waals surface area contributed by atoms with Crippen molar-refractivity contribution in [2.45, 2.75) is 6.92 Å². The van der Waals surface area contributed by atoms with E-state index in [9.17, 15) is 4.79 Å². The van der Waals surface area contributed by atoms with E-state index in [-0.39, 0.29) is 16.6 Å². The number of rotatable bonds is 4. The number of fused-ring (bicyclic) bond motifs is 3. The number of anilines is 2. The van der Waals surface area contributed by atoms with Crippen LogP contribution in [0.4, 0.5) is 11.4 Å². The van der Waals surface area contributed by atoms with Crippen molar-refractivity contribution >= 4 is 62.2 Å². The number of methoxy groups -OCH3 is 1. The summed E-state index contributed by atoms with van der Waals surface area (Å²) < 4.78 is 11.6. The average Bonchev–Trinajstić information content (AvgIpc) is 3.36. The fourth-order valence-electron chi connectivity index (χ4n) is 3.62. The molecule has 9 heteroatoms. The minimum absolute atomic E-state index is 0.266. The molecule has 0 spiro atoms. The number of halogens is 1. The van der Waals surface area contributed by atoms with Crippen LogP contribution in [0.25, 0.3) is 32.5 Å². The highest BCUT2D eigenvalue weighted by Gasteiger charge is 2.22. The van der Waals surface area contributed by atoms with E-state index >= 15 is 0 Å². The number of carbonyl (C=O) groups excluding carboxylic acids is 1. The summed E-state index contributed by atoms with van der Waals surface area (Å²) in [4.78, 5) is 22.0. The fourth-order valence-corrected chi connectivity index (χ4v) is 4.82. The molecule has 0 saturated carbocycles. The van der Waals surface area contributed by atoms with Crippen LogP contribution in [0.3, 0.4) is 0 Å². The second-order valence-corrected chi connectivity index (χ2v) is 8.50. The molecule has 7 nitrogen and oxygen atoms in total. The van der Waals surface area contributed by atoms with Gasteiger partial charge in [0.1, 0.15) is 15.5 Å². The number of para-hydroxylation sites is 1. The van der Waals surface area contributed by atoms with E-state index in [1.807, 2.05) is 36.4 Å². The minimum atomic E-state index is -0.340. The molecule has 3 aromatic heterocycles. The van der Waals surface area contributed by atoms with Crippen LogP contribution in [0, 0.1) is 6.92 Å². The number of nitrogen functional groups attached to an aromatic ring is 1. The molecule has 0 saturated heterocycles. The summed E-state index contributed by atoms with van der Waals surface area (Å²) in [6, 6.07) is 11.5. The molecule has 5 aromatic rings. The summed E-state index contributed by atoms with van der Waals surface area (Å²) in [5.41, 5.74) is 9.38. The summed E-state index contributed by atoms with van der Waals surface area (Å²) in [7, 11) is 1.60. The monoisotopic (exact) mass is 464 g/mol. The van der Waals surface area contributed by atoms with E-state index in [2.05, 4.69) is 15.3 Å². The Balaban J connectivity index is 1.62. The molecule has 32 heavy (non-hydrogen) atoms. The van der Waals surface area contributed by atoms with Gasteiger partial charge in [0.25, 0.3) is 5.91 Å². The lowest BCUT2D eigenvalue weighted by Gasteiger charge is -2.08. The van der Waals surface area contributed by atoms with Gasteiger partial charge in [0.05, 0.1) is 35.4 Å². The van der Waals surface area contributed by atoms with E-state index in [0.29, 0.717) is 32.6 Å². The van der Waals surface area contributed by atoms with Crippen molar-refractivity contribution in [2.75, 3.05) is 18.2 Å². The fraction of sp³-hybridized carbons (Fsp3) is 0.0870. The molecule has 0 fully saturated rings. The molecule has 2 aromatic carbocycles. The number of carbonyl (C=O) groups is 1. The standard InChI is InChI=1S/C23H17ClN4O3S/c1-11-21(22(29)28-19-14(24)9-26-10-15(19)25)32-23(27-11)13-7-8-17(30-2)20-18(13)12-5-3-4-6-16(12)31-20/h3-10H,25H2,1-2H3,(H,26,28,29). The number of thiazole rings is 1. The lowest BCUT2D eigenvalue weighted by Crippen LogP contribution is -2.13. The van der Waals surface area contributed by atoms with Crippen LogP contribution in [0.15, 0.2) is 53.2 Å². The number of amides is 1. The minimum Gasteiger partial charge on any atom is -0.493 e. The lowest BCUT2D eigenvalue weighted by atomic mass is 10.1. The molecule has 3 heterocycles. The van der Waals surface area contributed by atoms with Gasteiger partial charge in [-0.25, -0.2) is 4.98 Å². The highest BCUT2D eigenvalue weighted by atomic mass is 35.5. The quantitative estimate of drug-likeness (QED) is 0.342. The van der Waals surface area contributed by atoms with Crippen LogP contribution >= 0.6 is 22.9 Å². The molecule has 5 rings (SSSR count). The number of nitrogens with one attached hydrogen (secondary N) is 1. The van der Waals surface area contributed by atoms with E-state index < -0.39 is 0 Å². The molecule has 0 aliphatic heterocycles. The first-order chi connectivity index (χ1) is 15.5. The molecular formula is C23H17ClN4O3S. The van der Waals surface area contributed by atoms with Gasteiger partial charge in [0, 0.05) is 22.5 Å². The Labute approximate surface area is 191 Å². The van der Waals surface area contributed by atoms with Gasteiger partial charge in [-0.05, 0) is 25.1 Å². The number of pyridine rings is 1. The van der Waals surface area contributed by atoms with Gasteiger partial charge in [-0.3, -0.25) is 9.78 Å². The number of aryl methyl sites for hydroxylation is 1. The molecule has 0 atom stereocenters. The second kappa shape index (κ2) is 7.81. The molecular weight excluding hydrogens is 448 g/mol. The van der Waals surface area contributed by atoms with E-state index in [0.717, 1.165) is 21.9 Å². The molecule has 160 valence electrons. The van der Waals surface area contributed by atoms with Crippen LogP contribution in [-0.2, 0) is 0 Å². The Morgan fingerprint density at radius 2 is 2.03 bits per heavy atom. The van der Waals surface area contributed by atoms with Crippen LogP contribution in [0.2, 0.25) is 5.02 Å². The van der Waals surface area contributed by atoms with Crippen LogP contribution in [-0.4, -0.2) is 23.0 Å². The summed E-state index contributed by atoms with van der Waals surface area (Å²) >= 11 is 7.43. The number of ether oxygens (including phenoxy) is 1. The Bertz CT molecular complexity index is 1490. The summed E-state index contributed by atoms with van der Waals surface area (Å²) in [5, 5.41) is 5.58. The van der Waals surface area contributed by atoms with Gasteiger partial charge in [0.15, 0.2) is 11.3 Å². The third-order valence-corrected chi connectivity index (χ3v) is 6.59. The van der Waals surface area contributed by atoms with Crippen LogP contribution in [0.5, 0.6) is 5.75 Å². The molecule has 0 bridgehead atoms. The molecule has 0 unspecified atom stereocenters. The first-order valence-corrected chi connectivity index (χ1v) is 10.8. The largest absolute Gasteiger partial charge is 0.493 e. The van der Waals surface area contributed by atoms with Gasteiger partial charge in [-0.15, -0.1) is 11.3 Å². The molecule has 3 N–H and O–H groups in total. The van der Waals surface area contributed by atoms with Gasteiger partial charge in [-0.1, -0.05) is 29.8 Å². The van der Waals surface area contributed by atoms with Gasteiger partial charge >= 0.3 is 0 Å². The predicted molar refractivity (Wildman–Crippen MR) is 128 cm³/mol. The second-order valence-electron chi connectivity index (χ2n) is 7.09. The van der Waals surface area contributed by atoms with Crippen molar-refractivity contribution in [3.63, 3.8) is 0 Å². The molecule has 0 radical (unpaired) electrons. The first-order valence-electron chi connectivity index (χ1n) is 9.64. The number of benzene rings is 2. The SMILES string of the molecule is COc1ccc(-c2nc(C)c(C(=O)Nc3c(N)cncc3Cl)s2)c2c1oc1ccccc12. The highest BCUT2D eigenvalue weighted by molar-refractivity contribution is 7.17. The number of aromatic nitrogens is 2. The maximum Gasteiger partial charge on any atom is 0.267 e. The zero-order chi connectivity index (χ0) is 22.4. The third-order valence-electron chi connectivity index (χ3n) is 5.11. The Morgan fingerprint density at radius 3 is 2.81 bits per heavy atom. The highest BCUT2D eigenvalue weighted by Crippen LogP contribution is 2.42. The Kier molecular flexibility index (Phi) is 4.96. The first kappa shape index (κ1) is 20.3. The van der Waals surface area contributed by atoms with E-state index in [1.54, 1.807) is 14.0 Å². The van der Waals surface area contributed by atoms with Gasteiger partial charge < -0.3 is 20.2 Å². The maximum atomic E-state index is 13.0. The van der Waals surface area contributed by atoms with Crippen LogP contribution in [0.1, 0.15) is 15.4 Å². The summed E-state index contributed by atoms with van der Waals surface area (Å²) in [6.45, 7) is 1.79. The average molecular weight is 465 g/mol. The van der Waals surface area contributed by atoms with Gasteiger partial charge in [-0.2, -0.15) is 0 Å². The molecule has 0 aliphatic carbocycles. The smallest absolute Gasteiger partial charge is 0.267 e. The molecule has 0 aliphatic rings. The zero-order valence-electron chi connectivity index (χ0n) is 17.1. The normalized spacial score (nSPS) is 11.2. The zero-order valence-corrected chi connectivity index (χ0v) is 18.7. The molecule has 1 amide bonds. The topological polar surface area (TPSA) is 103 Å². The van der Waals surface area contributed by atoms with Gasteiger partial charge in [0.2, 0.25) is 0 Å². The number of furan rings is 1. The maximum absolute atomic E-state index is 13.0. The van der Waals surface area contributed by atoms with E-state index in [1.165, 1.54) is 23.7 Å². The number of nitrogens with two attached hydrogens (primary N) is 1. The lowest BCUT2D eigenvalue weighted by molar-refractivity contribution is 0.103. The summed E-state index contributed by atoms with van der Waals surface area (Å²) in [6.07, 6.45) is 2.86. The Hall–Kier alpha value is -3.62. The predicted octanol–water partition coefficient (Wildman–Crippen LogP) is 5.91. The van der Waals surface area contributed by atoms with E-state index in [4.69, 9.17) is 26.5 Å². The van der Waals surface area contributed by atoms with Crippen molar-refractivity contribution in [2.24, 2.45) is 0 Å². The third kappa shape index (κ3) is 3.24. The van der Waals surface area contributed by atoms with Crippen molar-refractivity contribution in [1.82, 2.24) is 9.97 Å². The van der Waals surface area contributed by atoms with Crippen LogP contribution < -0.4 is 15.8 Å².